The quantitative estimate of drug-likeness (QED) is 0.579. The third-order valence-electron chi connectivity index (χ3n) is 4.18. The number of rotatable bonds is 6. The van der Waals surface area contributed by atoms with Crippen LogP contribution in [-0.2, 0) is 14.3 Å². The Morgan fingerprint density at radius 1 is 1.37 bits per heavy atom. The van der Waals surface area contributed by atoms with Crippen LogP contribution < -0.4 is 5.32 Å². The van der Waals surface area contributed by atoms with E-state index >= 15 is 0 Å². The standard InChI is InChI=1S/C17H19FN4O3S2/c1-25-15(24)11-5-7-22(8-6-11)14(23)10-26-17-21-20-16(27-17)19-13-4-2-3-12(18)9-13/h2-4,9,11H,5-8,10H2,1H3,(H,19,20). The topological polar surface area (TPSA) is 84.4 Å². The average Bonchev–Trinajstić information content (AvgIpc) is 3.13. The molecule has 0 atom stereocenters. The molecule has 0 radical (unpaired) electrons. The fraction of sp³-hybridized carbons (Fsp3) is 0.412. The maximum Gasteiger partial charge on any atom is 0.308 e. The molecule has 27 heavy (non-hydrogen) atoms. The number of benzene rings is 1. The summed E-state index contributed by atoms with van der Waals surface area (Å²) in [4.78, 5) is 25.6. The van der Waals surface area contributed by atoms with Gasteiger partial charge in [-0.1, -0.05) is 29.2 Å². The van der Waals surface area contributed by atoms with Crippen molar-refractivity contribution < 1.29 is 18.7 Å². The van der Waals surface area contributed by atoms with Crippen LogP contribution in [0.25, 0.3) is 0 Å². The van der Waals surface area contributed by atoms with Crippen molar-refractivity contribution in [1.82, 2.24) is 15.1 Å². The molecule has 3 rings (SSSR count). The number of amides is 1. The summed E-state index contributed by atoms with van der Waals surface area (Å²) in [5, 5.41) is 11.6. The van der Waals surface area contributed by atoms with Crippen molar-refractivity contribution in [3.8, 4) is 0 Å². The van der Waals surface area contributed by atoms with Gasteiger partial charge in [-0.3, -0.25) is 9.59 Å². The molecular formula is C17H19FN4O3S2. The van der Waals surface area contributed by atoms with Crippen LogP contribution in [0.15, 0.2) is 28.6 Å². The zero-order valence-electron chi connectivity index (χ0n) is 14.7. The highest BCUT2D eigenvalue weighted by Crippen LogP contribution is 2.28. The molecule has 144 valence electrons. The van der Waals surface area contributed by atoms with E-state index in [1.807, 2.05) is 0 Å². The lowest BCUT2D eigenvalue weighted by molar-refractivity contribution is -0.148. The number of nitrogens with one attached hydrogen (secondary N) is 1. The van der Waals surface area contributed by atoms with E-state index in [0.717, 1.165) is 0 Å². The summed E-state index contributed by atoms with van der Waals surface area (Å²) in [6.07, 6.45) is 1.26. The van der Waals surface area contributed by atoms with Crippen molar-refractivity contribution in [3.05, 3.63) is 30.1 Å². The number of hydrogen-bond donors (Lipinski definition) is 1. The molecule has 0 spiro atoms. The van der Waals surface area contributed by atoms with Crippen LogP contribution in [-0.4, -0.2) is 52.9 Å². The fourth-order valence-corrected chi connectivity index (χ4v) is 4.43. The van der Waals surface area contributed by atoms with Crippen LogP contribution in [0.5, 0.6) is 0 Å². The minimum atomic E-state index is -0.333. The second-order valence-corrected chi connectivity index (χ2v) is 8.18. The maximum absolute atomic E-state index is 13.2. The first kappa shape index (κ1) is 19.6. The number of aromatic nitrogens is 2. The zero-order chi connectivity index (χ0) is 19.2. The normalized spacial score (nSPS) is 14.8. The molecule has 10 heteroatoms. The van der Waals surface area contributed by atoms with Crippen molar-refractivity contribution in [2.45, 2.75) is 17.2 Å². The van der Waals surface area contributed by atoms with E-state index in [0.29, 0.717) is 41.1 Å². The molecule has 0 saturated carbocycles. The molecule has 1 aromatic heterocycles. The molecule has 0 aliphatic carbocycles. The second-order valence-electron chi connectivity index (χ2n) is 5.98. The van der Waals surface area contributed by atoms with Crippen LogP contribution in [0, 0.1) is 11.7 Å². The number of ether oxygens (including phenoxy) is 1. The summed E-state index contributed by atoms with van der Waals surface area (Å²) in [7, 11) is 1.38. The Bertz CT molecular complexity index is 809. The van der Waals surface area contributed by atoms with Crippen LogP contribution in [0.3, 0.4) is 0 Å². The van der Waals surface area contributed by atoms with Crippen molar-refractivity contribution in [2.75, 3.05) is 31.3 Å². The highest BCUT2D eigenvalue weighted by Gasteiger charge is 2.27. The van der Waals surface area contributed by atoms with Gasteiger partial charge in [0.1, 0.15) is 5.82 Å². The van der Waals surface area contributed by atoms with Gasteiger partial charge in [0.05, 0.1) is 18.8 Å². The van der Waals surface area contributed by atoms with Gasteiger partial charge in [0.15, 0.2) is 4.34 Å². The van der Waals surface area contributed by atoms with Crippen LogP contribution in [0.1, 0.15) is 12.8 Å². The Morgan fingerprint density at radius 3 is 2.85 bits per heavy atom. The Labute approximate surface area is 164 Å². The first-order chi connectivity index (χ1) is 13.0. The number of halogens is 1. The summed E-state index contributed by atoms with van der Waals surface area (Å²) < 4.78 is 18.6. The minimum absolute atomic E-state index is 0.0122. The number of anilines is 2. The molecule has 2 aromatic rings. The van der Waals surface area contributed by atoms with Gasteiger partial charge in [0, 0.05) is 18.8 Å². The average molecular weight is 410 g/mol. The maximum atomic E-state index is 13.2. The molecule has 1 N–H and O–H groups in total. The number of likely N-dealkylation sites (tertiary alicyclic amines) is 1. The molecule has 0 bridgehead atoms. The Hall–Kier alpha value is -2.20. The summed E-state index contributed by atoms with van der Waals surface area (Å²) in [5.74, 6) is -0.383. The molecule has 0 unspecified atom stereocenters. The van der Waals surface area contributed by atoms with Crippen LogP contribution >= 0.6 is 23.1 Å². The Balaban J connectivity index is 1.46. The highest BCUT2D eigenvalue weighted by molar-refractivity contribution is 8.01. The second kappa shape index (κ2) is 9.14. The SMILES string of the molecule is COC(=O)C1CCN(C(=O)CSc2nnc(Nc3cccc(F)c3)s2)CC1. The predicted molar refractivity (Wildman–Crippen MR) is 102 cm³/mol. The lowest BCUT2D eigenvalue weighted by atomic mass is 9.97. The molecular weight excluding hydrogens is 391 g/mol. The number of piperidine rings is 1. The van der Waals surface area contributed by atoms with Gasteiger partial charge in [0.25, 0.3) is 0 Å². The molecule has 1 fully saturated rings. The number of thioether (sulfide) groups is 1. The van der Waals surface area contributed by atoms with Crippen LogP contribution in [0.4, 0.5) is 15.2 Å². The van der Waals surface area contributed by atoms with Gasteiger partial charge in [-0.05, 0) is 31.0 Å². The molecule has 7 nitrogen and oxygen atoms in total. The Kier molecular flexibility index (Phi) is 6.62. The molecule has 1 aromatic carbocycles. The van der Waals surface area contributed by atoms with Gasteiger partial charge >= 0.3 is 5.97 Å². The summed E-state index contributed by atoms with van der Waals surface area (Å²) in [5.41, 5.74) is 0.590. The number of carbonyl (C=O) groups is 2. The fourth-order valence-electron chi connectivity index (χ4n) is 2.75. The molecule has 1 saturated heterocycles. The van der Waals surface area contributed by atoms with Gasteiger partial charge in [-0.2, -0.15) is 0 Å². The first-order valence-electron chi connectivity index (χ1n) is 8.39. The molecule has 1 aliphatic rings. The van der Waals surface area contributed by atoms with Crippen molar-refractivity contribution in [2.24, 2.45) is 5.92 Å². The summed E-state index contributed by atoms with van der Waals surface area (Å²) in [6, 6.07) is 6.08. The van der Waals surface area contributed by atoms with E-state index in [9.17, 15) is 14.0 Å². The van der Waals surface area contributed by atoms with E-state index in [4.69, 9.17) is 4.74 Å². The van der Waals surface area contributed by atoms with E-state index in [-0.39, 0.29) is 29.4 Å². The summed E-state index contributed by atoms with van der Waals surface area (Å²) >= 11 is 2.62. The van der Waals surface area contributed by atoms with E-state index in [1.165, 1.54) is 42.3 Å². The van der Waals surface area contributed by atoms with Crippen molar-refractivity contribution in [3.63, 3.8) is 0 Å². The number of hydrogen-bond acceptors (Lipinski definition) is 8. The van der Waals surface area contributed by atoms with Gasteiger partial charge in [-0.25, -0.2) is 4.39 Å². The number of nitrogens with zero attached hydrogens (tertiary/aromatic N) is 3. The predicted octanol–water partition coefficient (Wildman–Crippen LogP) is 2.92. The van der Waals surface area contributed by atoms with Crippen molar-refractivity contribution in [1.29, 1.82) is 0 Å². The third-order valence-corrected chi connectivity index (χ3v) is 6.14. The van der Waals surface area contributed by atoms with Gasteiger partial charge < -0.3 is 15.0 Å². The number of methoxy groups -OCH3 is 1. The largest absolute Gasteiger partial charge is 0.469 e. The number of carbonyl (C=O) groups excluding carboxylic acids is 2. The lowest BCUT2D eigenvalue weighted by Gasteiger charge is -2.30. The van der Waals surface area contributed by atoms with E-state index < -0.39 is 0 Å². The highest BCUT2D eigenvalue weighted by atomic mass is 32.2. The third kappa shape index (κ3) is 5.39. The first-order valence-corrected chi connectivity index (χ1v) is 10.2. The smallest absolute Gasteiger partial charge is 0.308 e. The summed E-state index contributed by atoms with van der Waals surface area (Å²) in [6.45, 7) is 1.11. The number of esters is 1. The Morgan fingerprint density at radius 2 is 2.15 bits per heavy atom. The van der Waals surface area contributed by atoms with Gasteiger partial charge in [-0.15, -0.1) is 10.2 Å². The van der Waals surface area contributed by atoms with Crippen molar-refractivity contribution >= 4 is 45.8 Å². The molecule has 1 amide bonds. The van der Waals surface area contributed by atoms with Crippen LogP contribution in [0.2, 0.25) is 0 Å². The minimum Gasteiger partial charge on any atom is -0.469 e. The zero-order valence-corrected chi connectivity index (χ0v) is 16.3. The lowest BCUT2D eigenvalue weighted by Crippen LogP contribution is -2.41. The molecule has 2 heterocycles. The van der Waals surface area contributed by atoms with Gasteiger partial charge in [0.2, 0.25) is 11.0 Å². The van der Waals surface area contributed by atoms with E-state index in [2.05, 4.69) is 15.5 Å². The van der Waals surface area contributed by atoms with E-state index in [1.54, 1.807) is 17.0 Å². The molecule has 1 aliphatic heterocycles. The monoisotopic (exact) mass is 410 g/mol.